The average Bonchev–Trinajstić information content (AvgIpc) is 2.70. The van der Waals surface area contributed by atoms with Crippen LogP contribution in [0.25, 0.3) is 0 Å². The van der Waals surface area contributed by atoms with Crippen LogP contribution in [0.5, 0.6) is 5.75 Å². The Labute approximate surface area is 106 Å². The first-order chi connectivity index (χ1) is 8.55. The van der Waals surface area contributed by atoms with Gasteiger partial charge < -0.3 is 14.2 Å². The number of Topliss-reactive ketones (excluding diaryl/α,β-unsaturated/α-hetero) is 1. The van der Waals surface area contributed by atoms with Gasteiger partial charge in [-0.25, -0.2) is 0 Å². The van der Waals surface area contributed by atoms with Crippen molar-refractivity contribution in [2.75, 3.05) is 13.2 Å². The maximum Gasteiger partial charge on any atom is 0.169 e. The molecule has 1 unspecified atom stereocenters. The fourth-order valence-corrected chi connectivity index (χ4v) is 2.33. The number of hydrogen-bond donors (Lipinski definition) is 0. The van der Waals surface area contributed by atoms with Gasteiger partial charge in [0, 0.05) is 6.42 Å². The van der Waals surface area contributed by atoms with Gasteiger partial charge >= 0.3 is 0 Å². The zero-order valence-electron chi connectivity index (χ0n) is 10.6. The summed E-state index contributed by atoms with van der Waals surface area (Å²) in [7, 11) is 0. The van der Waals surface area contributed by atoms with Crippen LogP contribution in [0.1, 0.15) is 42.3 Å². The predicted octanol–water partition coefficient (Wildman–Crippen LogP) is 2.48. The number of ketones is 1. The van der Waals surface area contributed by atoms with Gasteiger partial charge in [0.15, 0.2) is 11.6 Å². The van der Waals surface area contributed by atoms with Crippen molar-refractivity contribution in [2.45, 2.75) is 32.2 Å². The van der Waals surface area contributed by atoms with Crippen LogP contribution in [0.2, 0.25) is 0 Å². The lowest BCUT2D eigenvalue weighted by Gasteiger charge is -2.20. The summed E-state index contributed by atoms with van der Waals surface area (Å²) in [4.78, 5) is 11.7. The van der Waals surface area contributed by atoms with Gasteiger partial charge in [0.1, 0.15) is 11.9 Å². The molecular weight excluding hydrogens is 232 g/mol. The second-order valence-electron chi connectivity index (χ2n) is 5.09. The molecule has 0 spiro atoms. The van der Waals surface area contributed by atoms with Crippen molar-refractivity contribution >= 4 is 5.78 Å². The fraction of sp³-hybridized carbons (Fsp3) is 0.500. The van der Waals surface area contributed by atoms with Gasteiger partial charge in [-0.3, -0.25) is 4.79 Å². The van der Waals surface area contributed by atoms with Crippen LogP contribution in [0.15, 0.2) is 18.2 Å². The highest BCUT2D eigenvalue weighted by Crippen LogP contribution is 2.35. The maximum atomic E-state index is 11.7. The Morgan fingerprint density at radius 2 is 2.17 bits per heavy atom. The molecule has 1 aromatic carbocycles. The van der Waals surface area contributed by atoms with E-state index in [1.54, 1.807) is 0 Å². The summed E-state index contributed by atoms with van der Waals surface area (Å²) in [5.74, 6) is 0.265. The Kier molecular flexibility index (Phi) is 2.64. The number of benzene rings is 1. The highest BCUT2D eigenvalue weighted by atomic mass is 16.7. The number of ether oxygens (including phenoxy) is 3. The molecule has 0 amide bonds. The summed E-state index contributed by atoms with van der Waals surface area (Å²) >= 11 is 0. The van der Waals surface area contributed by atoms with Crippen molar-refractivity contribution in [3.05, 3.63) is 29.3 Å². The zero-order valence-corrected chi connectivity index (χ0v) is 10.6. The van der Waals surface area contributed by atoms with Crippen molar-refractivity contribution in [3.8, 4) is 5.75 Å². The molecule has 0 aromatic heterocycles. The molecule has 1 aromatic rings. The second kappa shape index (κ2) is 4.07. The minimum absolute atomic E-state index is 0.0917. The van der Waals surface area contributed by atoms with Crippen molar-refractivity contribution in [3.63, 3.8) is 0 Å². The van der Waals surface area contributed by atoms with E-state index < -0.39 is 5.79 Å². The van der Waals surface area contributed by atoms with Gasteiger partial charge in [-0.1, -0.05) is 6.07 Å². The average molecular weight is 248 g/mol. The first-order valence-electron chi connectivity index (χ1n) is 6.17. The standard InChI is InChI=1S/C14H16O4/c1-14(2)17-8-13(18-14)9-3-4-10-11(15)5-6-16-12(10)7-9/h3-4,7,13H,5-6,8H2,1-2H3. The summed E-state index contributed by atoms with van der Waals surface area (Å²) in [6.07, 6.45) is 0.369. The van der Waals surface area contributed by atoms with E-state index >= 15 is 0 Å². The van der Waals surface area contributed by atoms with Crippen LogP contribution in [-0.4, -0.2) is 24.8 Å². The number of fused-ring (bicyclic) bond motifs is 1. The second-order valence-corrected chi connectivity index (χ2v) is 5.09. The topological polar surface area (TPSA) is 44.8 Å². The molecule has 4 heteroatoms. The van der Waals surface area contributed by atoms with Gasteiger partial charge in [0.25, 0.3) is 0 Å². The smallest absolute Gasteiger partial charge is 0.169 e. The molecule has 1 saturated heterocycles. The molecule has 1 atom stereocenters. The quantitative estimate of drug-likeness (QED) is 0.766. The third-order valence-electron chi connectivity index (χ3n) is 3.27. The van der Waals surface area contributed by atoms with Crippen LogP contribution in [0, 0.1) is 0 Å². The van der Waals surface area contributed by atoms with Crippen LogP contribution in [-0.2, 0) is 9.47 Å². The molecule has 0 radical (unpaired) electrons. The molecular formula is C14H16O4. The van der Waals surface area contributed by atoms with Crippen molar-refractivity contribution in [1.82, 2.24) is 0 Å². The molecule has 2 heterocycles. The number of carbonyl (C=O) groups is 1. The SMILES string of the molecule is CC1(C)OCC(c2ccc3c(c2)OCCC3=O)O1. The normalized spacial score (nSPS) is 25.7. The van der Waals surface area contributed by atoms with E-state index in [2.05, 4.69) is 0 Å². The van der Waals surface area contributed by atoms with E-state index in [1.165, 1.54) is 0 Å². The first kappa shape index (κ1) is 11.7. The monoisotopic (exact) mass is 248 g/mol. The molecule has 0 saturated carbocycles. The van der Waals surface area contributed by atoms with Crippen molar-refractivity contribution in [1.29, 1.82) is 0 Å². The van der Waals surface area contributed by atoms with Crippen molar-refractivity contribution < 1.29 is 19.0 Å². The van der Waals surface area contributed by atoms with Crippen LogP contribution >= 0.6 is 0 Å². The van der Waals surface area contributed by atoms with Crippen LogP contribution < -0.4 is 4.74 Å². The van der Waals surface area contributed by atoms with Gasteiger partial charge in [-0.15, -0.1) is 0 Å². The lowest BCUT2D eigenvalue weighted by atomic mass is 10.0. The lowest BCUT2D eigenvalue weighted by Crippen LogP contribution is -2.20. The molecule has 0 N–H and O–H groups in total. The highest BCUT2D eigenvalue weighted by Gasteiger charge is 2.34. The lowest BCUT2D eigenvalue weighted by molar-refractivity contribution is -0.139. The van der Waals surface area contributed by atoms with E-state index in [9.17, 15) is 4.79 Å². The first-order valence-corrected chi connectivity index (χ1v) is 6.17. The molecule has 4 nitrogen and oxygen atoms in total. The number of carbonyl (C=O) groups excluding carboxylic acids is 1. The van der Waals surface area contributed by atoms with Gasteiger partial charge in [0.2, 0.25) is 0 Å². The Morgan fingerprint density at radius 1 is 1.33 bits per heavy atom. The minimum Gasteiger partial charge on any atom is -0.492 e. The largest absolute Gasteiger partial charge is 0.492 e. The maximum absolute atomic E-state index is 11.7. The number of rotatable bonds is 1. The van der Waals surface area contributed by atoms with Gasteiger partial charge in [-0.2, -0.15) is 0 Å². The Bertz CT molecular complexity index is 493. The van der Waals surface area contributed by atoms with Crippen LogP contribution in [0.3, 0.4) is 0 Å². The molecule has 0 aliphatic carbocycles. The highest BCUT2D eigenvalue weighted by molar-refractivity contribution is 5.99. The van der Waals surface area contributed by atoms with Crippen molar-refractivity contribution in [2.24, 2.45) is 0 Å². The molecule has 2 aliphatic rings. The molecule has 96 valence electrons. The van der Waals surface area contributed by atoms with Gasteiger partial charge in [0.05, 0.1) is 18.8 Å². The third-order valence-corrected chi connectivity index (χ3v) is 3.27. The fourth-order valence-electron chi connectivity index (χ4n) is 2.33. The summed E-state index contributed by atoms with van der Waals surface area (Å²) in [5, 5.41) is 0. The van der Waals surface area contributed by atoms with E-state index in [-0.39, 0.29) is 11.9 Å². The minimum atomic E-state index is -0.544. The Morgan fingerprint density at radius 3 is 2.89 bits per heavy atom. The molecule has 18 heavy (non-hydrogen) atoms. The third kappa shape index (κ3) is 2.02. The van der Waals surface area contributed by atoms with E-state index in [4.69, 9.17) is 14.2 Å². The van der Waals surface area contributed by atoms with Gasteiger partial charge in [-0.05, 0) is 31.5 Å². The van der Waals surface area contributed by atoms with E-state index in [0.717, 1.165) is 5.56 Å². The van der Waals surface area contributed by atoms with E-state index in [0.29, 0.717) is 30.9 Å². The Balaban J connectivity index is 1.89. The summed E-state index contributed by atoms with van der Waals surface area (Å²) in [6, 6.07) is 5.63. The Hall–Kier alpha value is -1.39. The summed E-state index contributed by atoms with van der Waals surface area (Å²) in [5.41, 5.74) is 1.66. The summed E-state index contributed by atoms with van der Waals surface area (Å²) < 4.78 is 16.9. The predicted molar refractivity (Wildman–Crippen MR) is 64.7 cm³/mol. The molecule has 1 fully saturated rings. The molecule has 0 bridgehead atoms. The van der Waals surface area contributed by atoms with Crippen LogP contribution in [0.4, 0.5) is 0 Å². The molecule has 3 rings (SSSR count). The number of hydrogen-bond acceptors (Lipinski definition) is 4. The zero-order chi connectivity index (χ0) is 12.8. The molecule has 2 aliphatic heterocycles. The summed E-state index contributed by atoms with van der Waals surface area (Å²) in [6.45, 7) is 4.78. The van der Waals surface area contributed by atoms with E-state index in [1.807, 2.05) is 32.0 Å².